The first-order valence-corrected chi connectivity index (χ1v) is 11.3. The number of thiol groups is 1. The van der Waals surface area contributed by atoms with E-state index >= 15 is 0 Å². The van der Waals surface area contributed by atoms with Crippen molar-refractivity contribution in [3.63, 3.8) is 0 Å². The van der Waals surface area contributed by atoms with Crippen molar-refractivity contribution in [2.75, 3.05) is 12.3 Å². The van der Waals surface area contributed by atoms with Gasteiger partial charge in [-0.05, 0) is 30.4 Å². The second-order valence-electron chi connectivity index (χ2n) is 8.22. The van der Waals surface area contributed by atoms with Crippen LogP contribution in [0.3, 0.4) is 0 Å². The highest BCUT2D eigenvalue weighted by molar-refractivity contribution is 7.80. The van der Waals surface area contributed by atoms with Gasteiger partial charge in [-0.1, -0.05) is 32.0 Å². The number of carbonyl (C=O) groups is 4. The topological polar surface area (TPSA) is 166 Å². The van der Waals surface area contributed by atoms with Crippen molar-refractivity contribution in [3.05, 3.63) is 36.0 Å². The number of nitrogens with one attached hydrogen (secondary N) is 4. The number of hydrogen-bond donors (Lipinski definition) is 7. The Morgan fingerprint density at radius 2 is 1.79 bits per heavy atom. The number of carbonyl (C=O) groups excluding carboxylic acids is 3. The van der Waals surface area contributed by atoms with Crippen molar-refractivity contribution in [3.8, 4) is 0 Å². The summed E-state index contributed by atoms with van der Waals surface area (Å²) in [5.41, 5.74) is 7.86. The second kappa shape index (κ2) is 12.3. The molecule has 0 bridgehead atoms. The normalized spacial score (nSPS) is 13.8. The molecule has 1 aromatic carbocycles. The van der Waals surface area contributed by atoms with E-state index in [0.29, 0.717) is 0 Å². The van der Waals surface area contributed by atoms with Crippen molar-refractivity contribution in [1.29, 1.82) is 0 Å². The molecular weight excluding hydrogens is 446 g/mol. The van der Waals surface area contributed by atoms with Crippen LogP contribution >= 0.6 is 12.6 Å². The average Bonchev–Trinajstić information content (AvgIpc) is 3.17. The molecule has 7 N–H and O–H groups in total. The maximum Gasteiger partial charge on any atom is 0.326 e. The predicted octanol–water partition coefficient (Wildman–Crippen LogP) is 0.184. The summed E-state index contributed by atoms with van der Waals surface area (Å²) in [5.74, 6) is -2.88. The van der Waals surface area contributed by atoms with Crippen LogP contribution in [0.1, 0.15) is 25.8 Å². The third-order valence-corrected chi connectivity index (χ3v) is 5.40. The molecule has 2 aromatic rings. The lowest BCUT2D eigenvalue weighted by Crippen LogP contribution is -2.54. The highest BCUT2D eigenvalue weighted by Gasteiger charge is 2.25. The number of para-hydroxylation sites is 1. The zero-order valence-electron chi connectivity index (χ0n) is 18.6. The van der Waals surface area contributed by atoms with Crippen molar-refractivity contribution < 1.29 is 24.3 Å². The first-order valence-electron chi connectivity index (χ1n) is 10.6. The van der Waals surface area contributed by atoms with E-state index in [4.69, 9.17) is 5.73 Å². The molecule has 1 heterocycles. The standard InChI is InChI=1S/C22H31N5O5S/c1-12(2)7-17(22(31)32)26-19(28)10-25-21(30)18(11-33)27-20(29)15(23)8-13-9-24-16-6-4-3-5-14(13)16/h3-6,9,12,15,17-18,24,33H,7-8,10-11,23H2,1-2H3,(H,25,30)(H,26,28)(H,27,29)(H,31,32). The Morgan fingerprint density at radius 1 is 1.09 bits per heavy atom. The Labute approximate surface area is 197 Å². The molecule has 11 heteroatoms. The van der Waals surface area contributed by atoms with E-state index in [2.05, 4.69) is 33.6 Å². The lowest BCUT2D eigenvalue weighted by atomic mass is 10.0. The number of carboxylic acid groups (broad SMARTS) is 1. The van der Waals surface area contributed by atoms with Gasteiger partial charge in [-0.15, -0.1) is 0 Å². The van der Waals surface area contributed by atoms with Gasteiger partial charge in [-0.2, -0.15) is 12.6 Å². The van der Waals surface area contributed by atoms with Crippen molar-refractivity contribution >= 4 is 47.2 Å². The number of aliphatic carboxylic acids is 1. The average molecular weight is 478 g/mol. The van der Waals surface area contributed by atoms with Crippen LogP contribution in [0.15, 0.2) is 30.5 Å². The first-order chi connectivity index (χ1) is 15.6. The maximum atomic E-state index is 12.5. The third kappa shape index (κ3) is 7.79. The minimum atomic E-state index is -1.15. The summed E-state index contributed by atoms with van der Waals surface area (Å²) in [6.45, 7) is 3.25. The number of hydrogen-bond acceptors (Lipinski definition) is 6. The molecule has 0 radical (unpaired) electrons. The van der Waals surface area contributed by atoms with Crippen LogP contribution in [0, 0.1) is 5.92 Å². The molecule has 1 aromatic heterocycles. The summed E-state index contributed by atoms with van der Waals surface area (Å²) in [5, 5.41) is 17.5. The highest BCUT2D eigenvalue weighted by atomic mass is 32.1. The van der Waals surface area contributed by atoms with Gasteiger partial charge >= 0.3 is 5.97 Å². The maximum absolute atomic E-state index is 12.5. The molecule has 33 heavy (non-hydrogen) atoms. The quantitative estimate of drug-likeness (QED) is 0.215. The molecule has 2 rings (SSSR count). The Morgan fingerprint density at radius 3 is 2.42 bits per heavy atom. The summed E-state index contributed by atoms with van der Waals surface area (Å²) >= 11 is 4.10. The largest absolute Gasteiger partial charge is 0.480 e. The van der Waals surface area contributed by atoms with E-state index in [0.717, 1.165) is 16.5 Å². The Balaban J connectivity index is 1.87. The third-order valence-electron chi connectivity index (χ3n) is 5.03. The zero-order chi connectivity index (χ0) is 24.5. The van der Waals surface area contributed by atoms with Gasteiger partial charge in [0.1, 0.15) is 12.1 Å². The number of benzene rings is 1. The van der Waals surface area contributed by atoms with Crippen LogP contribution in [-0.4, -0.2) is 64.2 Å². The van der Waals surface area contributed by atoms with Crippen LogP contribution in [0.4, 0.5) is 0 Å². The lowest BCUT2D eigenvalue weighted by molar-refractivity contribution is -0.142. The van der Waals surface area contributed by atoms with Crippen LogP contribution < -0.4 is 21.7 Å². The monoisotopic (exact) mass is 477 g/mol. The number of nitrogens with two attached hydrogens (primary N) is 1. The Hall–Kier alpha value is -3.05. The van der Waals surface area contributed by atoms with E-state index in [1.54, 1.807) is 6.20 Å². The summed E-state index contributed by atoms with van der Waals surface area (Å²) in [4.78, 5) is 51.4. The Bertz CT molecular complexity index is 992. The second-order valence-corrected chi connectivity index (χ2v) is 8.58. The molecule has 0 aliphatic heterocycles. The van der Waals surface area contributed by atoms with Crippen LogP contribution in [-0.2, 0) is 25.6 Å². The van der Waals surface area contributed by atoms with Gasteiger partial charge in [-0.3, -0.25) is 14.4 Å². The fourth-order valence-corrected chi connectivity index (χ4v) is 3.59. The summed E-state index contributed by atoms with van der Waals surface area (Å²) in [6, 6.07) is 4.70. The molecule has 180 valence electrons. The molecule has 10 nitrogen and oxygen atoms in total. The number of aromatic amines is 1. The molecule has 3 amide bonds. The van der Waals surface area contributed by atoms with Gasteiger partial charge in [0.2, 0.25) is 17.7 Å². The number of amides is 3. The van der Waals surface area contributed by atoms with Gasteiger partial charge in [0.05, 0.1) is 12.6 Å². The number of H-pyrrole nitrogens is 1. The molecule has 0 saturated heterocycles. The molecule has 3 unspecified atom stereocenters. The van der Waals surface area contributed by atoms with E-state index in [1.165, 1.54) is 0 Å². The minimum absolute atomic E-state index is 0.00982. The number of fused-ring (bicyclic) bond motifs is 1. The zero-order valence-corrected chi connectivity index (χ0v) is 19.5. The first kappa shape index (κ1) is 26.2. The van der Waals surface area contributed by atoms with Gasteiger partial charge in [0.25, 0.3) is 0 Å². The van der Waals surface area contributed by atoms with E-state index in [-0.39, 0.29) is 24.5 Å². The minimum Gasteiger partial charge on any atom is -0.480 e. The summed E-state index contributed by atoms with van der Waals surface area (Å²) in [7, 11) is 0. The SMILES string of the molecule is CC(C)CC(NC(=O)CNC(=O)C(CS)NC(=O)C(N)Cc1c[nH]c2ccccc12)C(=O)O. The van der Waals surface area contributed by atoms with Gasteiger partial charge in [0, 0.05) is 22.9 Å². The van der Waals surface area contributed by atoms with Crippen LogP contribution in [0.5, 0.6) is 0 Å². The smallest absolute Gasteiger partial charge is 0.326 e. The Kier molecular flexibility index (Phi) is 9.74. The van der Waals surface area contributed by atoms with Gasteiger partial charge < -0.3 is 31.8 Å². The van der Waals surface area contributed by atoms with E-state index in [9.17, 15) is 24.3 Å². The molecular formula is C22H31N5O5S. The molecule has 3 atom stereocenters. The number of aromatic nitrogens is 1. The number of rotatable bonds is 12. The molecule has 0 fully saturated rings. The van der Waals surface area contributed by atoms with Crippen LogP contribution in [0.2, 0.25) is 0 Å². The molecule has 0 aliphatic carbocycles. The van der Waals surface area contributed by atoms with Crippen molar-refractivity contribution in [2.45, 2.75) is 44.8 Å². The fourth-order valence-electron chi connectivity index (χ4n) is 3.33. The molecule has 0 spiro atoms. The molecule has 0 saturated carbocycles. The predicted molar refractivity (Wildman–Crippen MR) is 128 cm³/mol. The highest BCUT2D eigenvalue weighted by Crippen LogP contribution is 2.18. The lowest BCUT2D eigenvalue weighted by Gasteiger charge is -2.20. The van der Waals surface area contributed by atoms with Crippen LogP contribution in [0.25, 0.3) is 10.9 Å². The summed E-state index contributed by atoms with van der Waals surface area (Å²) in [6.07, 6.45) is 2.33. The number of carboxylic acids is 1. The van der Waals surface area contributed by atoms with Gasteiger partial charge in [0.15, 0.2) is 0 Å². The van der Waals surface area contributed by atoms with E-state index in [1.807, 2.05) is 38.1 Å². The molecule has 0 aliphatic rings. The van der Waals surface area contributed by atoms with E-state index < -0.39 is 48.4 Å². The van der Waals surface area contributed by atoms with Gasteiger partial charge in [-0.25, -0.2) is 4.79 Å². The van der Waals surface area contributed by atoms with Crippen molar-refractivity contribution in [2.24, 2.45) is 11.7 Å². The fraction of sp³-hybridized carbons (Fsp3) is 0.455. The summed E-state index contributed by atoms with van der Waals surface area (Å²) < 4.78 is 0. The van der Waals surface area contributed by atoms with Crippen molar-refractivity contribution in [1.82, 2.24) is 20.9 Å².